The van der Waals surface area contributed by atoms with Gasteiger partial charge in [-0.1, -0.05) is 83.6 Å². The maximum absolute atomic E-state index is 13.6. The van der Waals surface area contributed by atoms with Gasteiger partial charge in [0.25, 0.3) is 5.56 Å². The van der Waals surface area contributed by atoms with Gasteiger partial charge in [0.1, 0.15) is 12.4 Å². The standard InChI is InChI=1S/C29H23ClN2O4S/c1-18-25(28(34)35-2)26(20-8-4-3-5-9-20)32-27(33)24(37-29(32)31-18)16-19-12-14-22(15-13-19)36-17-21-10-6-7-11-23(21)30/h3-16,26H,17H2,1-2H3/b24-16-/t26-/m0/s1. The molecule has 0 bridgehead atoms. The zero-order valence-electron chi connectivity index (χ0n) is 20.2. The minimum absolute atomic E-state index is 0.217. The van der Waals surface area contributed by atoms with E-state index in [0.717, 1.165) is 16.7 Å². The van der Waals surface area contributed by atoms with Gasteiger partial charge in [-0.05, 0) is 42.3 Å². The second-order valence-electron chi connectivity index (χ2n) is 8.43. The maximum atomic E-state index is 13.6. The molecule has 0 spiro atoms. The van der Waals surface area contributed by atoms with Crippen LogP contribution in [-0.2, 0) is 16.1 Å². The van der Waals surface area contributed by atoms with Crippen LogP contribution in [0, 0.1) is 0 Å². The van der Waals surface area contributed by atoms with E-state index in [9.17, 15) is 9.59 Å². The van der Waals surface area contributed by atoms with E-state index in [-0.39, 0.29) is 5.56 Å². The van der Waals surface area contributed by atoms with Crippen LogP contribution in [0.4, 0.5) is 0 Å². The number of thiazole rings is 1. The van der Waals surface area contributed by atoms with Crippen molar-refractivity contribution in [2.45, 2.75) is 19.6 Å². The zero-order chi connectivity index (χ0) is 25.9. The number of nitrogens with zero attached hydrogens (tertiary/aromatic N) is 2. The number of carbonyl (C=O) groups is 1. The lowest BCUT2D eigenvalue weighted by molar-refractivity contribution is -0.136. The van der Waals surface area contributed by atoms with Gasteiger partial charge in [0.15, 0.2) is 4.80 Å². The fraction of sp³-hybridized carbons (Fsp3) is 0.138. The van der Waals surface area contributed by atoms with E-state index < -0.39 is 12.0 Å². The lowest BCUT2D eigenvalue weighted by Crippen LogP contribution is -2.39. The fourth-order valence-corrected chi connectivity index (χ4v) is 5.47. The number of rotatable bonds is 6. The van der Waals surface area contributed by atoms with E-state index in [2.05, 4.69) is 4.99 Å². The molecule has 2 heterocycles. The van der Waals surface area contributed by atoms with Gasteiger partial charge < -0.3 is 9.47 Å². The quantitative estimate of drug-likeness (QED) is 0.341. The normalized spacial score (nSPS) is 15.2. The number of aromatic nitrogens is 1. The molecule has 0 saturated heterocycles. The molecule has 0 radical (unpaired) electrons. The third kappa shape index (κ3) is 5.01. The average molecular weight is 531 g/mol. The van der Waals surface area contributed by atoms with Crippen molar-refractivity contribution >= 4 is 35.0 Å². The first-order valence-electron chi connectivity index (χ1n) is 11.6. The van der Waals surface area contributed by atoms with Gasteiger partial charge in [-0.25, -0.2) is 9.79 Å². The molecule has 5 rings (SSSR count). The summed E-state index contributed by atoms with van der Waals surface area (Å²) in [5, 5.41) is 0.661. The molecule has 37 heavy (non-hydrogen) atoms. The Morgan fingerprint density at radius 3 is 2.46 bits per heavy atom. The predicted octanol–water partition coefficient (Wildman–Crippen LogP) is 4.64. The van der Waals surface area contributed by atoms with Gasteiger partial charge in [0.05, 0.1) is 29.0 Å². The molecule has 0 saturated carbocycles. The first-order valence-corrected chi connectivity index (χ1v) is 12.8. The highest BCUT2D eigenvalue weighted by atomic mass is 35.5. The predicted molar refractivity (Wildman–Crippen MR) is 144 cm³/mol. The van der Waals surface area contributed by atoms with Gasteiger partial charge in [-0.3, -0.25) is 9.36 Å². The van der Waals surface area contributed by atoms with E-state index in [4.69, 9.17) is 21.1 Å². The van der Waals surface area contributed by atoms with E-state index in [1.807, 2.05) is 84.9 Å². The van der Waals surface area contributed by atoms with E-state index >= 15 is 0 Å². The summed E-state index contributed by atoms with van der Waals surface area (Å²) in [6.07, 6.45) is 1.82. The molecule has 6 nitrogen and oxygen atoms in total. The molecule has 1 aliphatic rings. The molecule has 4 aromatic rings. The number of ether oxygens (including phenoxy) is 2. The largest absolute Gasteiger partial charge is 0.489 e. The molecule has 3 aromatic carbocycles. The number of benzene rings is 3. The van der Waals surface area contributed by atoms with Crippen LogP contribution in [-0.4, -0.2) is 17.6 Å². The summed E-state index contributed by atoms with van der Waals surface area (Å²) in [7, 11) is 1.33. The first kappa shape index (κ1) is 24.7. The SMILES string of the molecule is COC(=O)C1=C(C)N=c2s/c(=C\c3ccc(OCc4ccccc4Cl)cc3)c(=O)n2[C@H]1c1ccccc1. The van der Waals surface area contributed by atoms with Crippen molar-refractivity contribution < 1.29 is 14.3 Å². The smallest absolute Gasteiger partial charge is 0.338 e. The van der Waals surface area contributed by atoms with Gasteiger partial charge >= 0.3 is 5.97 Å². The Bertz CT molecular complexity index is 1670. The minimum atomic E-state index is -0.618. The fourth-order valence-electron chi connectivity index (χ4n) is 4.23. The molecule has 1 aromatic heterocycles. The molecule has 1 aliphatic heterocycles. The van der Waals surface area contributed by atoms with Crippen LogP contribution in [0.1, 0.15) is 29.7 Å². The Kier molecular flexibility index (Phi) is 7.08. The van der Waals surface area contributed by atoms with Gasteiger partial charge in [0.2, 0.25) is 0 Å². The summed E-state index contributed by atoms with van der Waals surface area (Å²) in [6.45, 7) is 2.12. The van der Waals surface area contributed by atoms with Crippen molar-refractivity contribution in [2.75, 3.05) is 7.11 Å². The summed E-state index contributed by atoms with van der Waals surface area (Å²) >= 11 is 7.49. The van der Waals surface area contributed by atoms with Gasteiger partial charge in [-0.15, -0.1) is 0 Å². The number of halogens is 1. The summed E-state index contributed by atoms with van der Waals surface area (Å²) < 4.78 is 13.0. The Balaban J connectivity index is 1.49. The van der Waals surface area contributed by atoms with Crippen molar-refractivity contribution in [2.24, 2.45) is 4.99 Å². The monoisotopic (exact) mass is 530 g/mol. The highest BCUT2D eigenvalue weighted by Crippen LogP contribution is 2.30. The van der Waals surface area contributed by atoms with Crippen molar-refractivity contribution in [1.29, 1.82) is 0 Å². The molecule has 0 aliphatic carbocycles. The van der Waals surface area contributed by atoms with Crippen LogP contribution in [0.5, 0.6) is 5.75 Å². The third-order valence-electron chi connectivity index (χ3n) is 6.07. The Hall–Kier alpha value is -3.94. The topological polar surface area (TPSA) is 69.9 Å². The molecule has 0 fully saturated rings. The van der Waals surface area contributed by atoms with Crippen LogP contribution in [0.3, 0.4) is 0 Å². The molecular weight excluding hydrogens is 508 g/mol. The van der Waals surface area contributed by atoms with Crippen molar-refractivity contribution in [1.82, 2.24) is 4.57 Å². The number of carbonyl (C=O) groups excluding carboxylic acids is 1. The van der Waals surface area contributed by atoms with Gasteiger partial charge in [-0.2, -0.15) is 0 Å². The molecule has 0 N–H and O–H groups in total. The van der Waals surface area contributed by atoms with E-state index in [1.165, 1.54) is 18.4 Å². The van der Waals surface area contributed by atoms with Gasteiger partial charge in [0, 0.05) is 10.6 Å². The number of hydrogen-bond acceptors (Lipinski definition) is 6. The van der Waals surface area contributed by atoms with E-state index in [1.54, 1.807) is 11.5 Å². The Morgan fingerprint density at radius 2 is 1.76 bits per heavy atom. The van der Waals surface area contributed by atoms with Crippen LogP contribution < -0.4 is 19.6 Å². The zero-order valence-corrected chi connectivity index (χ0v) is 21.8. The third-order valence-corrected chi connectivity index (χ3v) is 7.42. The van der Waals surface area contributed by atoms with Crippen LogP contribution in [0.2, 0.25) is 5.02 Å². The number of fused-ring (bicyclic) bond motifs is 1. The van der Waals surface area contributed by atoms with Crippen LogP contribution in [0.25, 0.3) is 6.08 Å². The summed E-state index contributed by atoms with van der Waals surface area (Å²) in [4.78, 5) is 31.4. The number of methoxy groups -OCH3 is 1. The molecule has 186 valence electrons. The average Bonchev–Trinajstić information content (AvgIpc) is 3.22. The number of esters is 1. The second kappa shape index (κ2) is 10.6. The van der Waals surface area contributed by atoms with Crippen LogP contribution in [0.15, 0.2) is 99.9 Å². The second-order valence-corrected chi connectivity index (χ2v) is 9.85. The molecule has 8 heteroatoms. The van der Waals surface area contributed by atoms with Crippen molar-refractivity contribution in [3.8, 4) is 5.75 Å². The molecule has 1 atom stereocenters. The lowest BCUT2D eigenvalue weighted by Gasteiger charge is -2.24. The highest BCUT2D eigenvalue weighted by Gasteiger charge is 2.32. The summed E-state index contributed by atoms with van der Waals surface area (Å²) in [5.41, 5.74) is 3.23. The van der Waals surface area contributed by atoms with Crippen molar-refractivity contribution in [3.63, 3.8) is 0 Å². The summed E-state index contributed by atoms with van der Waals surface area (Å²) in [5.74, 6) is 0.192. The number of allylic oxidation sites excluding steroid dienone is 1. The molecular formula is C29H23ClN2O4S. The lowest BCUT2D eigenvalue weighted by atomic mass is 9.96. The highest BCUT2D eigenvalue weighted by molar-refractivity contribution is 7.07. The van der Waals surface area contributed by atoms with Crippen LogP contribution >= 0.6 is 22.9 Å². The van der Waals surface area contributed by atoms with Crippen molar-refractivity contribution in [3.05, 3.63) is 132 Å². The minimum Gasteiger partial charge on any atom is -0.489 e. The summed E-state index contributed by atoms with van der Waals surface area (Å²) in [6, 6.07) is 23.9. The maximum Gasteiger partial charge on any atom is 0.338 e. The molecule has 0 unspecified atom stereocenters. The first-order chi connectivity index (χ1) is 18.0. The number of hydrogen-bond donors (Lipinski definition) is 0. The Morgan fingerprint density at radius 1 is 1.05 bits per heavy atom. The van der Waals surface area contributed by atoms with E-state index in [0.29, 0.717) is 38.0 Å². The molecule has 0 amide bonds. The Labute approximate surface area is 222 Å².